The summed E-state index contributed by atoms with van der Waals surface area (Å²) in [6.07, 6.45) is 0. The Balaban J connectivity index is 0. The van der Waals surface area contributed by atoms with Gasteiger partial charge in [0.25, 0.3) is 0 Å². The van der Waals surface area contributed by atoms with E-state index in [-0.39, 0.29) is 42.2 Å². The molecule has 0 bridgehead atoms. The molecule has 0 rings (SSSR count). The van der Waals surface area contributed by atoms with Crippen LogP contribution in [0.25, 0.3) is 0 Å². The standard InChI is InChI=1S/Cd.GeH2O.O/c;1-2;/h;1H2;. The summed E-state index contributed by atoms with van der Waals surface area (Å²) in [7, 11) is 0. The minimum absolute atomic E-state index is 0.1000. The van der Waals surface area contributed by atoms with Crippen molar-refractivity contribution >= 4 is 16.5 Å². The van der Waals surface area contributed by atoms with E-state index in [9.17, 15) is 0 Å². The summed E-state index contributed by atoms with van der Waals surface area (Å²) >= 11 is 0.0250. The molecular formula is H2CdGeO2. The number of hydrogen-bond donors (Lipinski definition) is 0. The van der Waals surface area contributed by atoms with Gasteiger partial charge in [0.05, 0.1) is 0 Å². The SMILES string of the molecule is [O]=[Cd].[O]=[GeH2]. The average molecular weight is 219 g/mol. The van der Waals surface area contributed by atoms with Crippen LogP contribution in [0, 0.1) is 0 Å². The molecule has 0 saturated heterocycles. The molecule has 0 aromatic rings. The molecule has 0 N–H and O–H groups in total. The molecule has 0 unspecified atom stereocenters. The summed E-state index contributed by atoms with van der Waals surface area (Å²) < 4.78 is 16.8. The zero-order chi connectivity index (χ0) is 4.00. The van der Waals surface area contributed by atoms with Gasteiger partial charge in [-0.1, -0.05) is 0 Å². The summed E-state index contributed by atoms with van der Waals surface area (Å²) in [5, 5.41) is 0. The van der Waals surface area contributed by atoms with Gasteiger partial charge in [0.15, 0.2) is 0 Å². The molecular weight excluding hydrogens is 217 g/mol. The molecule has 0 aromatic carbocycles. The van der Waals surface area contributed by atoms with Crippen LogP contribution in [0.5, 0.6) is 0 Å². The Bertz CT molecular complexity index is 8.00. The zero-order valence-electron chi connectivity index (χ0n) is 2.23. The predicted molar refractivity (Wildman–Crippen MR) is 9.92 cm³/mol. The first-order valence-corrected chi connectivity index (χ1v) is 3.44. The Morgan fingerprint density at radius 1 is 1.25 bits per heavy atom. The summed E-state index contributed by atoms with van der Waals surface area (Å²) in [5.41, 5.74) is 0. The van der Waals surface area contributed by atoms with E-state index in [1.807, 2.05) is 0 Å². The first-order chi connectivity index (χ1) is 2.00. The van der Waals surface area contributed by atoms with Crippen molar-refractivity contribution in [2.75, 3.05) is 0 Å². The first kappa shape index (κ1) is 8.91. The molecule has 0 radical (unpaired) electrons. The van der Waals surface area contributed by atoms with E-state index < -0.39 is 0 Å². The van der Waals surface area contributed by atoms with Crippen molar-refractivity contribution in [3.63, 3.8) is 0 Å². The number of rotatable bonds is 0. The Morgan fingerprint density at radius 3 is 1.25 bits per heavy atom. The third-order valence-electron chi connectivity index (χ3n) is 0. The Morgan fingerprint density at radius 2 is 1.25 bits per heavy atom. The van der Waals surface area contributed by atoms with Gasteiger partial charge in [-0.05, 0) is 0 Å². The number of hydrogen-bond acceptors (Lipinski definition) is 2. The fourth-order valence-electron chi connectivity index (χ4n) is 0. The Labute approximate surface area is 48.6 Å². The molecule has 0 aliphatic heterocycles. The van der Waals surface area contributed by atoms with Gasteiger partial charge in [-0.15, -0.1) is 0 Å². The Kier molecular flexibility index (Phi) is 75.0. The van der Waals surface area contributed by atoms with Gasteiger partial charge in [-0.25, -0.2) is 0 Å². The molecule has 0 atom stereocenters. The summed E-state index contributed by atoms with van der Waals surface area (Å²) in [5.74, 6) is 0. The quantitative estimate of drug-likeness (QED) is 0.482. The van der Waals surface area contributed by atoms with Crippen LogP contribution < -0.4 is 0 Å². The molecule has 0 heterocycles. The van der Waals surface area contributed by atoms with Crippen molar-refractivity contribution in [2.24, 2.45) is 0 Å². The summed E-state index contributed by atoms with van der Waals surface area (Å²) in [4.78, 5) is 0. The van der Waals surface area contributed by atoms with Gasteiger partial charge in [-0.2, -0.15) is 0 Å². The van der Waals surface area contributed by atoms with E-state index in [1.54, 1.807) is 0 Å². The van der Waals surface area contributed by atoms with Crippen molar-refractivity contribution in [3.8, 4) is 0 Å². The third-order valence-corrected chi connectivity index (χ3v) is 0. The maximum atomic E-state index is 8.42. The van der Waals surface area contributed by atoms with E-state index in [2.05, 4.69) is 0 Å². The van der Waals surface area contributed by atoms with E-state index in [0.29, 0.717) is 0 Å². The van der Waals surface area contributed by atoms with Crippen LogP contribution in [0.1, 0.15) is 0 Å². The minimum atomic E-state index is -0.1000. The fraction of sp³-hybridized carbons (Fsp3) is 0. The second-order valence-electron chi connectivity index (χ2n) is 0. The molecule has 0 fully saturated rings. The molecule has 0 amide bonds. The molecule has 0 spiro atoms. The summed E-state index contributed by atoms with van der Waals surface area (Å²) in [6.45, 7) is 0. The van der Waals surface area contributed by atoms with Crippen LogP contribution in [0.2, 0.25) is 0 Å². The molecule has 4 heteroatoms. The van der Waals surface area contributed by atoms with Crippen LogP contribution in [-0.4, -0.2) is 16.5 Å². The monoisotopic (exact) mass is 222 g/mol. The van der Waals surface area contributed by atoms with Gasteiger partial charge in [0, 0.05) is 0 Å². The van der Waals surface area contributed by atoms with Gasteiger partial charge in [0.1, 0.15) is 0 Å². The maximum absolute atomic E-state index is 8.42. The molecule has 4 heavy (non-hydrogen) atoms. The second-order valence-corrected chi connectivity index (χ2v) is 0. The van der Waals surface area contributed by atoms with Crippen LogP contribution in [0.3, 0.4) is 0 Å². The normalized spacial score (nSPS) is 2.50. The van der Waals surface area contributed by atoms with Crippen LogP contribution >= 0.6 is 0 Å². The molecule has 20 valence electrons. The van der Waals surface area contributed by atoms with Crippen molar-refractivity contribution in [3.05, 3.63) is 0 Å². The van der Waals surface area contributed by atoms with Crippen molar-refractivity contribution in [1.82, 2.24) is 0 Å². The van der Waals surface area contributed by atoms with Crippen LogP contribution in [-0.2, 0) is 32.2 Å². The van der Waals surface area contributed by atoms with Crippen LogP contribution in [0.15, 0.2) is 0 Å². The molecule has 0 aliphatic carbocycles. The summed E-state index contributed by atoms with van der Waals surface area (Å²) in [6, 6.07) is 0. The molecule has 2 nitrogen and oxygen atoms in total. The topological polar surface area (TPSA) is 34.1 Å². The van der Waals surface area contributed by atoms with E-state index in [4.69, 9.17) is 6.46 Å². The predicted octanol–water partition coefficient (Wildman–Crippen LogP) is -1.16. The third kappa shape index (κ3) is 11.5. The van der Waals surface area contributed by atoms with Crippen molar-refractivity contribution in [2.45, 2.75) is 0 Å². The Hall–Kier alpha value is 1.06. The van der Waals surface area contributed by atoms with Gasteiger partial charge in [-0.3, -0.25) is 0 Å². The van der Waals surface area contributed by atoms with Crippen molar-refractivity contribution < 1.29 is 32.2 Å². The van der Waals surface area contributed by atoms with Gasteiger partial charge in [0.2, 0.25) is 0 Å². The second kappa shape index (κ2) is 33.7. The molecule has 0 saturated carbocycles. The van der Waals surface area contributed by atoms with E-state index in [0.717, 1.165) is 0 Å². The first-order valence-electron chi connectivity index (χ1n) is 0.577. The van der Waals surface area contributed by atoms with Gasteiger partial charge >= 0.3 is 48.7 Å². The van der Waals surface area contributed by atoms with Gasteiger partial charge < -0.3 is 0 Å². The molecule has 0 aromatic heterocycles. The fourth-order valence-corrected chi connectivity index (χ4v) is 0. The molecule has 0 aliphatic rings. The van der Waals surface area contributed by atoms with E-state index in [1.165, 1.54) is 0 Å². The van der Waals surface area contributed by atoms with Crippen LogP contribution in [0.4, 0.5) is 0 Å². The zero-order valence-corrected chi connectivity index (χ0v) is 9.23. The average Bonchev–Trinajstić information content (AvgIpc) is 1.50. The van der Waals surface area contributed by atoms with E-state index >= 15 is 0 Å². The van der Waals surface area contributed by atoms with Crippen molar-refractivity contribution in [1.29, 1.82) is 0 Å².